The third-order valence-electron chi connectivity index (χ3n) is 2.81. The smallest absolute Gasteiger partial charge is 0.258 e. The van der Waals surface area contributed by atoms with Gasteiger partial charge in [-0.3, -0.25) is 9.78 Å². The van der Waals surface area contributed by atoms with Crippen molar-refractivity contribution in [3.05, 3.63) is 58.9 Å². The normalized spacial score (nSPS) is 10.1. The molecule has 0 radical (unpaired) electrons. The van der Waals surface area contributed by atoms with Crippen molar-refractivity contribution < 1.29 is 9.53 Å². The molecule has 0 saturated carbocycles. The molecule has 4 nitrogen and oxygen atoms in total. The Balaban J connectivity index is 1.82. The number of benzene rings is 1. The lowest BCUT2D eigenvalue weighted by molar-refractivity contribution is -0.123. The third kappa shape index (κ3) is 3.96. The number of hydrogen-bond acceptors (Lipinski definition) is 3. The molecular weight excluding hydrogens is 276 g/mol. The van der Waals surface area contributed by atoms with Gasteiger partial charge in [-0.2, -0.15) is 0 Å². The molecular formula is C15H15ClN2O2. The van der Waals surface area contributed by atoms with Gasteiger partial charge in [-0.05, 0) is 36.2 Å². The van der Waals surface area contributed by atoms with E-state index in [-0.39, 0.29) is 12.5 Å². The fourth-order valence-corrected chi connectivity index (χ4v) is 1.84. The molecule has 1 heterocycles. The van der Waals surface area contributed by atoms with E-state index in [0.29, 0.717) is 17.3 Å². The van der Waals surface area contributed by atoms with E-state index in [1.165, 1.54) is 0 Å². The van der Waals surface area contributed by atoms with Gasteiger partial charge in [0.25, 0.3) is 5.91 Å². The van der Waals surface area contributed by atoms with Crippen LogP contribution in [0.15, 0.2) is 42.7 Å². The number of rotatable bonds is 5. The summed E-state index contributed by atoms with van der Waals surface area (Å²) in [5, 5.41) is 3.29. The maximum Gasteiger partial charge on any atom is 0.258 e. The number of nitrogens with zero attached hydrogens (tertiary/aromatic N) is 1. The van der Waals surface area contributed by atoms with Crippen LogP contribution in [0.5, 0.6) is 5.75 Å². The van der Waals surface area contributed by atoms with E-state index < -0.39 is 0 Å². The van der Waals surface area contributed by atoms with E-state index in [9.17, 15) is 4.79 Å². The largest absolute Gasteiger partial charge is 0.482 e. The highest BCUT2D eigenvalue weighted by molar-refractivity contribution is 6.32. The van der Waals surface area contributed by atoms with Crippen molar-refractivity contribution >= 4 is 17.5 Å². The van der Waals surface area contributed by atoms with Gasteiger partial charge in [0.05, 0.1) is 5.02 Å². The summed E-state index contributed by atoms with van der Waals surface area (Å²) in [5.41, 5.74) is 2.07. The van der Waals surface area contributed by atoms with Gasteiger partial charge < -0.3 is 10.1 Å². The molecule has 0 saturated heterocycles. The lowest BCUT2D eigenvalue weighted by Crippen LogP contribution is -2.28. The third-order valence-corrected chi connectivity index (χ3v) is 3.12. The first-order valence-corrected chi connectivity index (χ1v) is 6.58. The van der Waals surface area contributed by atoms with E-state index in [1.54, 1.807) is 30.6 Å². The predicted molar refractivity (Wildman–Crippen MR) is 77.8 cm³/mol. The number of nitrogens with one attached hydrogen (secondary N) is 1. The fourth-order valence-electron chi connectivity index (χ4n) is 1.65. The average Bonchev–Trinajstić information content (AvgIpc) is 2.45. The van der Waals surface area contributed by atoms with Gasteiger partial charge >= 0.3 is 0 Å². The van der Waals surface area contributed by atoms with Gasteiger partial charge in [0.1, 0.15) is 5.75 Å². The van der Waals surface area contributed by atoms with Gasteiger partial charge in [0.2, 0.25) is 0 Å². The monoisotopic (exact) mass is 290 g/mol. The molecule has 0 aliphatic heterocycles. The average molecular weight is 291 g/mol. The summed E-state index contributed by atoms with van der Waals surface area (Å²) in [4.78, 5) is 15.7. The summed E-state index contributed by atoms with van der Waals surface area (Å²) in [6.45, 7) is 2.35. The first kappa shape index (κ1) is 14.3. The standard InChI is InChI=1S/C15H15ClN2O2/c1-11-8-17-7-6-12(11)9-18-15(19)10-20-14-5-3-2-4-13(14)16/h2-8H,9-10H2,1H3,(H,18,19). The zero-order valence-electron chi connectivity index (χ0n) is 11.1. The lowest BCUT2D eigenvalue weighted by Gasteiger charge is -2.09. The van der Waals surface area contributed by atoms with Crippen molar-refractivity contribution in [3.8, 4) is 5.75 Å². The summed E-state index contributed by atoms with van der Waals surface area (Å²) in [6.07, 6.45) is 3.47. The Morgan fingerprint density at radius 2 is 2.15 bits per heavy atom. The number of pyridine rings is 1. The van der Waals surface area contributed by atoms with E-state index in [0.717, 1.165) is 11.1 Å². The number of aromatic nitrogens is 1. The Labute approximate surface area is 122 Å². The molecule has 1 aromatic carbocycles. The van der Waals surface area contributed by atoms with Crippen LogP contribution in [0.4, 0.5) is 0 Å². The molecule has 2 rings (SSSR count). The number of amides is 1. The molecule has 0 spiro atoms. The minimum Gasteiger partial charge on any atom is -0.482 e. The number of carbonyl (C=O) groups is 1. The van der Waals surface area contributed by atoms with Crippen LogP contribution in [0.25, 0.3) is 0 Å². The Morgan fingerprint density at radius 3 is 2.90 bits per heavy atom. The van der Waals surface area contributed by atoms with Crippen LogP contribution in [-0.2, 0) is 11.3 Å². The van der Waals surface area contributed by atoms with E-state index in [4.69, 9.17) is 16.3 Å². The molecule has 0 bridgehead atoms. The van der Waals surface area contributed by atoms with Crippen molar-refractivity contribution in [1.29, 1.82) is 0 Å². The van der Waals surface area contributed by atoms with Crippen LogP contribution in [-0.4, -0.2) is 17.5 Å². The number of halogens is 1. The molecule has 0 fully saturated rings. The van der Waals surface area contributed by atoms with Gasteiger partial charge in [0.15, 0.2) is 6.61 Å². The molecule has 0 unspecified atom stereocenters. The fraction of sp³-hybridized carbons (Fsp3) is 0.200. The molecule has 1 amide bonds. The Bertz CT molecular complexity index is 550. The Kier molecular flexibility index (Phi) is 4.96. The van der Waals surface area contributed by atoms with Crippen LogP contribution >= 0.6 is 11.6 Å². The van der Waals surface area contributed by atoms with Crippen molar-refractivity contribution in [2.24, 2.45) is 0 Å². The molecule has 0 atom stereocenters. The zero-order valence-corrected chi connectivity index (χ0v) is 11.9. The molecule has 2 aromatic rings. The first-order valence-electron chi connectivity index (χ1n) is 6.20. The van der Waals surface area contributed by atoms with Crippen molar-refractivity contribution in [2.45, 2.75) is 13.5 Å². The molecule has 104 valence electrons. The number of hydrogen-bond donors (Lipinski definition) is 1. The van der Waals surface area contributed by atoms with Crippen LogP contribution in [0.2, 0.25) is 5.02 Å². The van der Waals surface area contributed by atoms with Gasteiger partial charge in [-0.25, -0.2) is 0 Å². The van der Waals surface area contributed by atoms with E-state index in [1.807, 2.05) is 19.1 Å². The molecule has 0 aliphatic rings. The second-order valence-electron chi connectivity index (χ2n) is 4.30. The summed E-state index contributed by atoms with van der Waals surface area (Å²) >= 11 is 5.94. The van der Waals surface area contributed by atoms with Crippen LogP contribution < -0.4 is 10.1 Å². The van der Waals surface area contributed by atoms with E-state index >= 15 is 0 Å². The summed E-state index contributed by atoms with van der Waals surface area (Å²) < 4.78 is 5.36. The second-order valence-corrected chi connectivity index (χ2v) is 4.71. The number of para-hydroxylation sites is 1. The molecule has 5 heteroatoms. The molecule has 20 heavy (non-hydrogen) atoms. The number of ether oxygens (including phenoxy) is 1. The van der Waals surface area contributed by atoms with Gasteiger partial charge in [-0.15, -0.1) is 0 Å². The maximum atomic E-state index is 11.7. The van der Waals surface area contributed by atoms with E-state index in [2.05, 4.69) is 10.3 Å². The summed E-state index contributed by atoms with van der Waals surface area (Å²) in [6, 6.07) is 8.93. The van der Waals surface area contributed by atoms with Crippen LogP contribution in [0, 0.1) is 6.92 Å². The summed E-state index contributed by atoms with van der Waals surface area (Å²) in [5.74, 6) is 0.311. The van der Waals surface area contributed by atoms with Crippen molar-refractivity contribution in [2.75, 3.05) is 6.61 Å². The second kappa shape index (κ2) is 6.91. The predicted octanol–water partition coefficient (Wildman–Crippen LogP) is 2.74. The number of aryl methyl sites for hydroxylation is 1. The van der Waals surface area contributed by atoms with Crippen LogP contribution in [0.3, 0.4) is 0 Å². The van der Waals surface area contributed by atoms with Crippen molar-refractivity contribution in [3.63, 3.8) is 0 Å². The number of carbonyl (C=O) groups excluding carboxylic acids is 1. The van der Waals surface area contributed by atoms with Crippen LogP contribution in [0.1, 0.15) is 11.1 Å². The minimum atomic E-state index is -0.193. The Hall–Kier alpha value is -2.07. The summed E-state index contributed by atoms with van der Waals surface area (Å²) in [7, 11) is 0. The molecule has 0 aliphatic carbocycles. The highest BCUT2D eigenvalue weighted by atomic mass is 35.5. The minimum absolute atomic E-state index is 0.0616. The maximum absolute atomic E-state index is 11.7. The van der Waals surface area contributed by atoms with Crippen molar-refractivity contribution in [1.82, 2.24) is 10.3 Å². The van der Waals surface area contributed by atoms with Gasteiger partial charge in [0, 0.05) is 18.9 Å². The zero-order chi connectivity index (χ0) is 14.4. The SMILES string of the molecule is Cc1cnccc1CNC(=O)COc1ccccc1Cl. The quantitative estimate of drug-likeness (QED) is 0.921. The highest BCUT2D eigenvalue weighted by Gasteiger charge is 2.06. The topological polar surface area (TPSA) is 51.2 Å². The van der Waals surface area contributed by atoms with Gasteiger partial charge in [-0.1, -0.05) is 23.7 Å². The Morgan fingerprint density at radius 1 is 1.35 bits per heavy atom. The first-order chi connectivity index (χ1) is 9.66. The molecule has 1 N–H and O–H groups in total. The molecule has 1 aromatic heterocycles. The lowest BCUT2D eigenvalue weighted by atomic mass is 10.1. The highest BCUT2D eigenvalue weighted by Crippen LogP contribution is 2.22.